The maximum atomic E-state index is 6.13. The molecule has 0 atom stereocenters. The lowest BCUT2D eigenvalue weighted by molar-refractivity contribution is 0.527. The molecule has 1 aromatic rings. The molecule has 1 rings (SSSR count). The Labute approximate surface area is 104 Å². The average molecular weight is 292 g/mol. The third-order valence-electron chi connectivity index (χ3n) is 2.17. The van der Waals surface area contributed by atoms with Gasteiger partial charge in [0.05, 0.1) is 16.9 Å². The van der Waals surface area contributed by atoms with Gasteiger partial charge in [-0.1, -0.05) is 33.6 Å². The van der Waals surface area contributed by atoms with Crippen molar-refractivity contribution in [2.75, 3.05) is 5.33 Å². The van der Waals surface area contributed by atoms with Gasteiger partial charge in [0, 0.05) is 11.4 Å². The van der Waals surface area contributed by atoms with Gasteiger partial charge in [-0.05, 0) is 32.8 Å². The predicted molar refractivity (Wildman–Crippen MR) is 69.7 cm³/mol. The van der Waals surface area contributed by atoms with Gasteiger partial charge < -0.3 is 0 Å². The highest BCUT2D eigenvalue weighted by molar-refractivity contribution is 9.09. The van der Waals surface area contributed by atoms with E-state index in [4.69, 9.17) is 11.6 Å². The molecule has 0 fully saturated rings. The van der Waals surface area contributed by atoms with Gasteiger partial charge in [-0.3, -0.25) is 4.68 Å². The van der Waals surface area contributed by atoms with Gasteiger partial charge in [0.25, 0.3) is 0 Å². The van der Waals surface area contributed by atoms with Crippen LogP contribution in [0.4, 0.5) is 0 Å². The minimum atomic E-state index is 0.333. The molecule has 2 nitrogen and oxygen atoms in total. The second-order valence-electron chi connectivity index (χ2n) is 3.74. The van der Waals surface area contributed by atoms with E-state index in [9.17, 15) is 0 Å². The van der Waals surface area contributed by atoms with Gasteiger partial charge in [-0.15, -0.1) is 0 Å². The summed E-state index contributed by atoms with van der Waals surface area (Å²) in [6.45, 7) is 6.28. The van der Waals surface area contributed by atoms with E-state index in [1.54, 1.807) is 6.20 Å². The number of hydrogen-bond donors (Lipinski definition) is 0. The third-order valence-corrected chi connectivity index (χ3v) is 2.91. The summed E-state index contributed by atoms with van der Waals surface area (Å²) in [4.78, 5) is 0. The molecule has 0 unspecified atom stereocenters. The SMILES string of the molecule is CC(=CCCBr)c1c(Cl)cnn1C(C)C. The van der Waals surface area contributed by atoms with Crippen LogP contribution < -0.4 is 0 Å². The quantitative estimate of drug-likeness (QED) is 0.756. The van der Waals surface area contributed by atoms with Gasteiger partial charge in [0.1, 0.15) is 0 Å². The number of hydrogen-bond acceptors (Lipinski definition) is 1. The zero-order chi connectivity index (χ0) is 11.4. The van der Waals surface area contributed by atoms with Crippen molar-refractivity contribution < 1.29 is 0 Å². The summed E-state index contributed by atoms with van der Waals surface area (Å²) in [5, 5.41) is 5.98. The Hall–Kier alpha value is -0.280. The van der Waals surface area contributed by atoms with Crippen molar-refractivity contribution in [3.8, 4) is 0 Å². The van der Waals surface area contributed by atoms with Crippen LogP contribution >= 0.6 is 27.5 Å². The molecule has 0 N–H and O–H groups in total. The molecule has 0 aliphatic rings. The van der Waals surface area contributed by atoms with Crippen LogP contribution in [0.15, 0.2) is 12.3 Å². The van der Waals surface area contributed by atoms with Crippen molar-refractivity contribution in [3.05, 3.63) is 23.0 Å². The fraction of sp³-hybridized carbons (Fsp3) is 0.545. The first-order chi connectivity index (χ1) is 7.07. The van der Waals surface area contributed by atoms with Gasteiger partial charge in [0.2, 0.25) is 0 Å². The largest absolute Gasteiger partial charge is 0.261 e. The molecule has 0 aromatic carbocycles. The Balaban J connectivity index is 3.06. The summed E-state index contributed by atoms with van der Waals surface area (Å²) < 4.78 is 1.96. The first-order valence-electron chi connectivity index (χ1n) is 5.04. The van der Waals surface area contributed by atoms with Gasteiger partial charge in [0.15, 0.2) is 0 Å². The molecule has 1 aromatic heterocycles. The van der Waals surface area contributed by atoms with E-state index in [-0.39, 0.29) is 0 Å². The summed E-state index contributed by atoms with van der Waals surface area (Å²) in [5.74, 6) is 0. The van der Waals surface area contributed by atoms with Gasteiger partial charge >= 0.3 is 0 Å². The van der Waals surface area contributed by atoms with Crippen molar-refractivity contribution in [2.24, 2.45) is 0 Å². The maximum Gasteiger partial charge on any atom is 0.0862 e. The normalized spacial score (nSPS) is 12.5. The molecule has 0 aliphatic heterocycles. The summed E-state index contributed by atoms with van der Waals surface area (Å²) in [5.41, 5.74) is 2.22. The van der Waals surface area contributed by atoms with E-state index < -0.39 is 0 Å². The smallest absolute Gasteiger partial charge is 0.0862 e. The molecule has 0 spiro atoms. The second-order valence-corrected chi connectivity index (χ2v) is 4.94. The zero-order valence-electron chi connectivity index (χ0n) is 9.30. The van der Waals surface area contributed by atoms with Crippen LogP contribution in [-0.4, -0.2) is 15.1 Å². The molecule has 15 heavy (non-hydrogen) atoms. The van der Waals surface area contributed by atoms with E-state index in [0.29, 0.717) is 6.04 Å². The highest BCUT2D eigenvalue weighted by atomic mass is 79.9. The average Bonchev–Trinajstić information content (AvgIpc) is 2.56. The van der Waals surface area contributed by atoms with E-state index in [1.165, 1.54) is 5.57 Å². The molecule has 1 heterocycles. The molecule has 0 saturated carbocycles. The Morgan fingerprint density at radius 1 is 1.67 bits per heavy atom. The van der Waals surface area contributed by atoms with Gasteiger partial charge in [-0.2, -0.15) is 5.10 Å². The van der Waals surface area contributed by atoms with Crippen molar-refractivity contribution in [2.45, 2.75) is 33.2 Å². The number of rotatable bonds is 4. The fourth-order valence-corrected chi connectivity index (χ4v) is 1.98. The summed E-state index contributed by atoms with van der Waals surface area (Å²) in [7, 11) is 0. The van der Waals surface area contributed by atoms with Crippen molar-refractivity contribution in [1.82, 2.24) is 9.78 Å². The molecule has 0 saturated heterocycles. The number of alkyl halides is 1. The topological polar surface area (TPSA) is 17.8 Å². The Morgan fingerprint density at radius 2 is 2.33 bits per heavy atom. The highest BCUT2D eigenvalue weighted by Gasteiger charge is 2.12. The van der Waals surface area contributed by atoms with Crippen LogP contribution in [0.5, 0.6) is 0 Å². The lowest BCUT2D eigenvalue weighted by atomic mass is 10.2. The summed E-state index contributed by atoms with van der Waals surface area (Å²) >= 11 is 9.53. The van der Waals surface area contributed by atoms with Crippen LogP contribution in [-0.2, 0) is 0 Å². The van der Waals surface area contributed by atoms with Crippen LogP contribution in [0.1, 0.15) is 38.9 Å². The zero-order valence-corrected chi connectivity index (χ0v) is 11.6. The van der Waals surface area contributed by atoms with Crippen LogP contribution in [0.2, 0.25) is 5.02 Å². The number of halogens is 2. The van der Waals surface area contributed by atoms with Crippen molar-refractivity contribution in [3.63, 3.8) is 0 Å². The first kappa shape index (κ1) is 12.8. The molecule has 84 valence electrons. The van der Waals surface area contributed by atoms with E-state index in [0.717, 1.165) is 22.5 Å². The van der Waals surface area contributed by atoms with Crippen LogP contribution in [0.3, 0.4) is 0 Å². The Bertz CT molecular complexity index is 355. The molecule has 4 heteroatoms. The second kappa shape index (κ2) is 5.71. The minimum absolute atomic E-state index is 0.333. The standard InChI is InChI=1S/C11H16BrClN2/c1-8(2)15-11(10(13)7-14-15)9(3)5-4-6-12/h5,7-8H,4,6H2,1-3H3. The van der Waals surface area contributed by atoms with Crippen molar-refractivity contribution >= 4 is 33.1 Å². The van der Waals surface area contributed by atoms with E-state index in [2.05, 4.69) is 47.9 Å². The number of allylic oxidation sites excluding steroid dienone is 2. The molecular formula is C11H16BrClN2. The third kappa shape index (κ3) is 3.08. The van der Waals surface area contributed by atoms with Gasteiger partial charge in [-0.25, -0.2) is 0 Å². The van der Waals surface area contributed by atoms with E-state index >= 15 is 0 Å². The molecule has 0 radical (unpaired) electrons. The fourth-order valence-electron chi connectivity index (χ4n) is 1.47. The monoisotopic (exact) mass is 290 g/mol. The molecule has 0 amide bonds. The Kier molecular flexibility index (Phi) is 4.87. The van der Waals surface area contributed by atoms with E-state index in [1.807, 2.05) is 4.68 Å². The first-order valence-corrected chi connectivity index (χ1v) is 6.54. The van der Waals surface area contributed by atoms with Crippen LogP contribution in [0.25, 0.3) is 5.57 Å². The molecular weight excluding hydrogens is 275 g/mol. The summed E-state index contributed by atoms with van der Waals surface area (Å²) in [6, 6.07) is 0.333. The Morgan fingerprint density at radius 3 is 2.87 bits per heavy atom. The maximum absolute atomic E-state index is 6.13. The lowest BCUT2D eigenvalue weighted by Crippen LogP contribution is -2.06. The number of nitrogens with zero attached hydrogens (tertiary/aromatic N) is 2. The lowest BCUT2D eigenvalue weighted by Gasteiger charge is -2.11. The minimum Gasteiger partial charge on any atom is -0.261 e. The summed E-state index contributed by atoms with van der Waals surface area (Å²) in [6.07, 6.45) is 4.89. The van der Waals surface area contributed by atoms with Crippen LogP contribution in [0, 0.1) is 0 Å². The number of aromatic nitrogens is 2. The molecule has 0 bridgehead atoms. The molecule has 0 aliphatic carbocycles. The predicted octanol–water partition coefficient (Wildman–Crippen LogP) is 4.31. The highest BCUT2D eigenvalue weighted by Crippen LogP contribution is 2.26. The van der Waals surface area contributed by atoms with Crippen molar-refractivity contribution in [1.29, 1.82) is 0 Å².